The Kier molecular flexibility index (Phi) is 8.36. The van der Waals surface area contributed by atoms with Gasteiger partial charge in [-0.25, -0.2) is 4.79 Å². The fraction of sp³-hybridized carbons (Fsp3) is 0.103. The number of ether oxygens (including phenoxy) is 2. The maximum atomic E-state index is 12.7. The predicted octanol–water partition coefficient (Wildman–Crippen LogP) is 7.50. The molecule has 36 heavy (non-hydrogen) atoms. The van der Waals surface area contributed by atoms with Gasteiger partial charge in [0.25, 0.3) is 0 Å². The van der Waals surface area contributed by atoms with E-state index in [1.807, 2.05) is 85.8 Å². The lowest BCUT2D eigenvalue weighted by Gasteiger charge is -2.07. The van der Waals surface area contributed by atoms with Crippen LogP contribution in [0.3, 0.4) is 0 Å². The molecule has 0 unspecified atom stereocenters. The third-order valence-electron chi connectivity index (χ3n) is 5.40. The maximum Gasteiger partial charge on any atom is 0.341 e. The molecule has 7 heteroatoms. The fourth-order valence-electron chi connectivity index (χ4n) is 3.64. The molecule has 1 N–H and O–H groups in total. The van der Waals surface area contributed by atoms with Crippen LogP contribution in [0.25, 0.3) is 17.2 Å². The number of nitrogens with one attached hydrogen (secondary N) is 1. The van der Waals surface area contributed by atoms with Gasteiger partial charge in [0, 0.05) is 21.0 Å². The summed E-state index contributed by atoms with van der Waals surface area (Å²) < 4.78 is 11.8. The number of hydrogen-bond acceptors (Lipinski definition) is 5. The molecule has 4 aromatic rings. The van der Waals surface area contributed by atoms with E-state index in [1.54, 1.807) is 6.08 Å². The summed E-state index contributed by atoms with van der Waals surface area (Å²) in [6.45, 7) is 2.41. The van der Waals surface area contributed by atoms with Gasteiger partial charge in [-0.1, -0.05) is 70.5 Å². The molecular formula is C29H24BrNO4S. The third-order valence-corrected chi connectivity index (χ3v) is 6.95. The summed E-state index contributed by atoms with van der Waals surface area (Å²) in [6.07, 6.45) is 3.15. The summed E-state index contributed by atoms with van der Waals surface area (Å²) in [5.74, 6) is -0.0893. The van der Waals surface area contributed by atoms with Crippen molar-refractivity contribution in [1.29, 1.82) is 0 Å². The van der Waals surface area contributed by atoms with Crippen LogP contribution in [0.1, 0.15) is 26.4 Å². The standard InChI is InChI=1S/C29H24BrNO4S/c1-19-26(22-11-13-23(30)14-12-22)27(29(33)34-2)28(36-19)31-25(32)17-10-20-8-15-24(16-9-20)35-18-21-6-4-3-5-7-21/h3-17H,18H2,1-2H3,(H,31,32)/b17-10+. The van der Waals surface area contributed by atoms with Crippen molar-refractivity contribution in [2.45, 2.75) is 13.5 Å². The number of anilines is 1. The van der Waals surface area contributed by atoms with E-state index in [9.17, 15) is 9.59 Å². The first kappa shape index (κ1) is 25.4. The maximum absolute atomic E-state index is 12.7. The zero-order valence-electron chi connectivity index (χ0n) is 19.8. The fourth-order valence-corrected chi connectivity index (χ4v) is 4.97. The SMILES string of the molecule is COC(=O)c1c(NC(=O)/C=C/c2ccc(OCc3ccccc3)cc2)sc(C)c1-c1ccc(Br)cc1. The van der Waals surface area contributed by atoms with Crippen molar-refractivity contribution in [3.8, 4) is 16.9 Å². The Morgan fingerprint density at radius 2 is 1.67 bits per heavy atom. The van der Waals surface area contributed by atoms with Gasteiger partial charge in [-0.15, -0.1) is 11.3 Å². The number of thiophene rings is 1. The molecule has 0 saturated heterocycles. The van der Waals surface area contributed by atoms with E-state index in [2.05, 4.69) is 21.2 Å². The molecule has 0 saturated carbocycles. The minimum atomic E-state index is -0.498. The smallest absolute Gasteiger partial charge is 0.341 e. The van der Waals surface area contributed by atoms with Crippen molar-refractivity contribution in [3.05, 3.63) is 111 Å². The van der Waals surface area contributed by atoms with Crippen molar-refractivity contribution in [3.63, 3.8) is 0 Å². The lowest BCUT2D eigenvalue weighted by atomic mass is 10.0. The molecule has 0 radical (unpaired) electrons. The second-order valence-electron chi connectivity index (χ2n) is 7.90. The second-order valence-corrected chi connectivity index (χ2v) is 10.0. The molecule has 0 bridgehead atoms. The number of carbonyl (C=O) groups excluding carboxylic acids is 2. The number of halogens is 1. The van der Waals surface area contributed by atoms with Crippen LogP contribution in [0.2, 0.25) is 0 Å². The molecule has 0 spiro atoms. The molecule has 0 fully saturated rings. The van der Waals surface area contributed by atoms with Gasteiger partial charge in [-0.05, 0) is 54.0 Å². The van der Waals surface area contributed by atoms with Crippen LogP contribution in [-0.2, 0) is 16.1 Å². The number of amides is 1. The Hall–Kier alpha value is -3.68. The first-order valence-electron chi connectivity index (χ1n) is 11.2. The Morgan fingerprint density at radius 3 is 2.33 bits per heavy atom. The highest BCUT2D eigenvalue weighted by atomic mass is 79.9. The van der Waals surface area contributed by atoms with Gasteiger partial charge in [-0.3, -0.25) is 4.79 Å². The molecule has 1 aromatic heterocycles. The lowest BCUT2D eigenvalue weighted by Crippen LogP contribution is -2.11. The molecular weight excluding hydrogens is 538 g/mol. The van der Waals surface area contributed by atoms with Crippen LogP contribution in [0.5, 0.6) is 5.75 Å². The van der Waals surface area contributed by atoms with E-state index in [4.69, 9.17) is 9.47 Å². The third kappa shape index (κ3) is 6.30. The highest BCUT2D eigenvalue weighted by Crippen LogP contribution is 2.40. The summed E-state index contributed by atoms with van der Waals surface area (Å²) in [5.41, 5.74) is 3.92. The van der Waals surface area contributed by atoms with Crippen LogP contribution in [0, 0.1) is 6.92 Å². The normalized spacial score (nSPS) is 10.9. The highest BCUT2D eigenvalue weighted by Gasteiger charge is 2.24. The Bertz CT molecular complexity index is 1380. The van der Waals surface area contributed by atoms with E-state index < -0.39 is 5.97 Å². The Labute approximate surface area is 222 Å². The first-order valence-corrected chi connectivity index (χ1v) is 12.8. The van der Waals surface area contributed by atoms with Gasteiger partial charge in [-0.2, -0.15) is 0 Å². The van der Waals surface area contributed by atoms with E-state index >= 15 is 0 Å². The summed E-state index contributed by atoms with van der Waals surface area (Å²) >= 11 is 4.78. The van der Waals surface area contributed by atoms with Gasteiger partial charge in [0.15, 0.2) is 0 Å². The topological polar surface area (TPSA) is 64.6 Å². The van der Waals surface area contributed by atoms with E-state index in [0.29, 0.717) is 17.2 Å². The monoisotopic (exact) mass is 561 g/mol. The number of carbonyl (C=O) groups is 2. The van der Waals surface area contributed by atoms with E-state index in [1.165, 1.54) is 24.5 Å². The van der Waals surface area contributed by atoms with Crippen molar-refractivity contribution in [1.82, 2.24) is 0 Å². The van der Waals surface area contributed by atoms with Crippen molar-refractivity contribution < 1.29 is 19.1 Å². The summed E-state index contributed by atoms with van der Waals surface area (Å²) in [7, 11) is 1.33. The zero-order chi connectivity index (χ0) is 25.5. The molecule has 3 aromatic carbocycles. The lowest BCUT2D eigenvalue weighted by molar-refractivity contribution is -0.111. The predicted molar refractivity (Wildman–Crippen MR) is 148 cm³/mol. The molecule has 182 valence electrons. The van der Waals surface area contributed by atoms with E-state index in [0.717, 1.165) is 37.4 Å². The quantitative estimate of drug-likeness (QED) is 0.178. The highest BCUT2D eigenvalue weighted by molar-refractivity contribution is 9.10. The van der Waals surface area contributed by atoms with Gasteiger partial charge in [0.2, 0.25) is 5.91 Å². The molecule has 1 amide bonds. The largest absolute Gasteiger partial charge is 0.489 e. The van der Waals surface area contributed by atoms with Crippen LogP contribution in [0.15, 0.2) is 89.4 Å². The number of benzene rings is 3. The average Bonchev–Trinajstić information content (AvgIpc) is 3.22. The van der Waals surface area contributed by atoms with Gasteiger partial charge >= 0.3 is 5.97 Å². The molecule has 0 aliphatic heterocycles. The van der Waals surface area contributed by atoms with Gasteiger partial charge in [0.05, 0.1) is 7.11 Å². The van der Waals surface area contributed by atoms with Crippen molar-refractivity contribution in [2.24, 2.45) is 0 Å². The number of methoxy groups -OCH3 is 1. The molecule has 0 aliphatic rings. The molecule has 1 heterocycles. The number of hydrogen-bond donors (Lipinski definition) is 1. The average molecular weight is 562 g/mol. The van der Waals surface area contributed by atoms with Crippen LogP contribution < -0.4 is 10.1 Å². The van der Waals surface area contributed by atoms with Crippen LogP contribution in [-0.4, -0.2) is 19.0 Å². The van der Waals surface area contributed by atoms with E-state index in [-0.39, 0.29) is 5.91 Å². The number of aryl methyl sites for hydroxylation is 1. The Balaban J connectivity index is 1.45. The number of rotatable bonds is 8. The zero-order valence-corrected chi connectivity index (χ0v) is 22.2. The van der Waals surface area contributed by atoms with Crippen molar-refractivity contribution >= 4 is 50.2 Å². The molecule has 0 aliphatic carbocycles. The second kappa shape index (κ2) is 11.8. The Morgan fingerprint density at radius 1 is 0.972 bits per heavy atom. The van der Waals surface area contributed by atoms with Crippen molar-refractivity contribution in [2.75, 3.05) is 12.4 Å². The minimum absolute atomic E-state index is 0.340. The summed E-state index contributed by atoms with van der Waals surface area (Å²) in [4.78, 5) is 26.2. The first-order chi connectivity index (χ1) is 17.4. The van der Waals surface area contributed by atoms with Gasteiger partial charge in [0.1, 0.15) is 22.9 Å². The molecule has 4 rings (SSSR count). The minimum Gasteiger partial charge on any atom is -0.489 e. The van der Waals surface area contributed by atoms with Crippen LogP contribution >= 0.6 is 27.3 Å². The summed E-state index contributed by atoms with van der Waals surface area (Å²) in [5, 5.41) is 3.30. The van der Waals surface area contributed by atoms with Crippen LogP contribution in [0.4, 0.5) is 5.00 Å². The summed E-state index contributed by atoms with van der Waals surface area (Å²) in [6, 6.07) is 25.1. The number of esters is 1. The molecule has 5 nitrogen and oxygen atoms in total. The molecule has 0 atom stereocenters. The van der Waals surface area contributed by atoms with Gasteiger partial charge < -0.3 is 14.8 Å².